The first-order valence-electron chi connectivity index (χ1n) is 5.82. The Morgan fingerprint density at radius 1 is 1.40 bits per heavy atom. The number of rotatable bonds is 5. The van der Waals surface area contributed by atoms with E-state index in [-0.39, 0.29) is 11.7 Å². The van der Waals surface area contributed by atoms with Gasteiger partial charge in [0.15, 0.2) is 5.16 Å². The first kappa shape index (κ1) is 14.1. The molecule has 0 radical (unpaired) electrons. The molecular weight excluding hydrogens is 276 g/mol. The van der Waals surface area contributed by atoms with Crippen molar-refractivity contribution in [1.29, 1.82) is 0 Å². The number of aromatic nitrogens is 2. The van der Waals surface area contributed by atoms with E-state index in [0.717, 1.165) is 0 Å². The molecule has 0 aliphatic heterocycles. The number of hydrogen-bond donors (Lipinski definition) is 2. The topological polar surface area (TPSA) is 90.1 Å². The lowest BCUT2D eigenvalue weighted by atomic mass is 10.2. The Hall–Kier alpha value is -2.28. The number of amides is 1. The van der Waals surface area contributed by atoms with Crippen LogP contribution in [0.4, 0.5) is 11.4 Å². The van der Waals surface area contributed by atoms with Crippen molar-refractivity contribution in [2.24, 2.45) is 0 Å². The van der Waals surface area contributed by atoms with Gasteiger partial charge in [-0.05, 0) is 24.3 Å². The third-order valence-corrected chi connectivity index (χ3v) is 3.25. The highest BCUT2D eigenvalue weighted by Gasteiger charge is 2.09. The molecule has 2 rings (SSSR count). The predicted octanol–water partition coefficient (Wildman–Crippen LogP) is 1.80. The summed E-state index contributed by atoms with van der Waals surface area (Å²) < 4.78 is 5.16. The minimum atomic E-state index is -0.175. The van der Waals surface area contributed by atoms with Crippen LogP contribution in [-0.2, 0) is 4.79 Å². The Labute approximate surface area is 120 Å². The molecule has 1 aromatic carbocycles. The second-order valence-corrected chi connectivity index (χ2v) is 4.77. The number of carbonyl (C=O) groups excluding carboxylic acids is 1. The van der Waals surface area contributed by atoms with Gasteiger partial charge in [-0.3, -0.25) is 4.79 Å². The molecule has 0 aliphatic rings. The maximum absolute atomic E-state index is 11.9. The molecule has 0 unspecified atom stereocenters. The maximum atomic E-state index is 11.9. The molecule has 1 aromatic heterocycles. The van der Waals surface area contributed by atoms with Gasteiger partial charge in [-0.25, -0.2) is 9.97 Å². The molecule has 0 aliphatic carbocycles. The van der Waals surface area contributed by atoms with Crippen LogP contribution in [0.2, 0.25) is 0 Å². The molecule has 6 nitrogen and oxygen atoms in total. The summed E-state index contributed by atoms with van der Waals surface area (Å²) in [4.78, 5) is 19.9. The number of nitrogens with two attached hydrogens (primary N) is 1. The summed E-state index contributed by atoms with van der Waals surface area (Å²) in [6, 6.07) is 6.79. The average molecular weight is 290 g/mol. The van der Waals surface area contributed by atoms with E-state index in [0.29, 0.717) is 22.3 Å². The van der Waals surface area contributed by atoms with E-state index in [1.54, 1.807) is 36.7 Å². The van der Waals surface area contributed by atoms with E-state index in [1.165, 1.54) is 18.9 Å². The number of anilines is 2. The van der Waals surface area contributed by atoms with Crippen LogP contribution >= 0.6 is 11.8 Å². The zero-order valence-electron chi connectivity index (χ0n) is 10.9. The van der Waals surface area contributed by atoms with Crippen LogP contribution in [0.5, 0.6) is 5.75 Å². The second-order valence-electron chi connectivity index (χ2n) is 3.83. The van der Waals surface area contributed by atoms with E-state index in [9.17, 15) is 4.79 Å². The molecule has 0 saturated carbocycles. The fourth-order valence-electron chi connectivity index (χ4n) is 1.50. The van der Waals surface area contributed by atoms with E-state index in [1.807, 2.05) is 0 Å². The largest absolute Gasteiger partial charge is 0.495 e. The third-order valence-electron chi connectivity index (χ3n) is 2.37. The Morgan fingerprint density at radius 3 is 2.85 bits per heavy atom. The molecule has 0 fully saturated rings. The second kappa shape index (κ2) is 6.76. The molecule has 2 aromatic rings. The van der Waals surface area contributed by atoms with Crippen molar-refractivity contribution in [3.8, 4) is 5.75 Å². The van der Waals surface area contributed by atoms with E-state index in [2.05, 4.69) is 15.3 Å². The van der Waals surface area contributed by atoms with Gasteiger partial charge in [0, 0.05) is 18.1 Å². The monoisotopic (exact) mass is 290 g/mol. The van der Waals surface area contributed by atoms with E-state index >= 15 is 0 Å². The fraction of sp³-hybridized carbons (Fsp3) is 0.154. The summed E-state index contributed by atoms with van der Waals surface area (Å²) in [5.41, 5.74) is 6.79. The summed E-state index contributed by atoms with van der Waals surface area (Å²) in [5, 5.41) is 3.31. The highest BCUT2D eigenvalue weighted by Crippen LogP contribution is 2.26. The van der Waals surface area contributed by atoms with Crippen molar-refractivity contribution in [3.63, 3.8) is 0 Å². The van der Waals surface area contributed by atoms with Gasteiger partial charge in [0.1, 0.15) is 5.75 Å². The van der Waals surface area contributed by atoms with Gasteiger partial charge in [-0.1, -0.05) is 11.8 Å². The summed E-state index contributed by atoms with van der Waals surface area (Å²) in [6.45, 7) is 0. The van der Waals surface area contributed by atoms with Crippen LogP contribution in [0.15, 0.2) is 41.8 Å². The number of thioether (sulfide) groups is 1. The lowest BCUT2D eigenvalue weighted by Crippen LogP contribution is -2.15. The number of methoxy groups -OCH3 is 1. The lowest BCUT2D eigenvalue weighted by molar-refractivity contribution is -0.113. The van der Waals surface area contributed by atoms with Gasteiger partial charge in [0.25, 0.3) is 0 Å². The molecule has 0 atom stereocenters. The van der Waals surface area contributed by atoms with Gasteiger partial charge >= 0.3 is 0 Å². The Balaban J connectivity index is 1.96. The van der Waals surface area contributed by atoms with Crippen molar-refractivity contribution in [1.82, 2.24) is 9.97 Å². The Morgan fingerprint density at radius 2 is 2.15 bits per heavy atom. The van der Waals surface area contributed by atoms with Gasteiger partial charge < -0.3 is 15.8 Å². The molecule has 0 saturated heterocycles. The number of nitrogens with zero attached hydrogens (tertiary/aromatic N) is 2. The summed E-state index contributed by atoms with van der Waals surface area (Å²) >= 11 is 1.26. The molecular formula is C13H14N4O2S. The first-order chi connectivity index (χ1) is 9.69. The molecule has 104 valence electrons. The van der Waals surface area contributed by atoms with Gasteiger partial charge in [0.2, 0.25) is 5.91 Å². The average Bonchev–Trinajstić information content (AvgIpc) is 2.46. The van der Waals surface area contributed by atoms with E-state index < -0.39 is 0 Å². The normalized spacial score (nSPS) is 10.1. The molecule has 0 bridgehead atoms. The zero-order chi connectivity index (χ0) is 14.4. The smallest absolute Gasteiger partial charge is 0.234 e. The fourth-order valence-corrected chi connectivity index (χ4v) is 2.10. The zero-order valence-corrected chi connectivity index (χ0v) is 11.7. The first-order valence-corrected chi connectivity index (χ1v) is 6.81. The molecule has 20 heavy (non-hydrogen) atoms. The van der Waals surface area contributed by atoms with Crippen molar-refractivity contribution in [3.05, 3.63) is 36.7 Å². The predicted molar refractivity (Wildman–Crippen MR) is 78.8 cm³/mol. The Bertz CT molecular complexity index is 592. The minimum Gasteiger partial charge on any atom is -0.495 e. The van der Waals surface area contributed by atoms with Crippen molar-refractivity contribution < 1.29 is 9.53 Å². The highest BCUT2D eigenvalue weighted by molar-refractivity contribution is 7.99. The molecule has 1 amide bonds. The van der Waals surface area contributed by atoms with Crippen LogP contribution in [0.25, 0.3) is 0 Å². The summed E-state index contributed by atoms with van der Waals surface area (Å²) in [7, 11) is 1.54. The quantitative estimate of drug-likeness (QED) is 0.496. The van der Waals surface area contributed by atoms with Crippen LogP contribution in [-0.4, -0.2) is 28.7 Å². The number of ether oxygens (including phenoxy) is 1. The number of nitrogens with one attached hydrogen (secondary N) is 1. The van der Waals surface area contributed by atoms with Crippen LogP contribution in [0, 0.1) is 0 Å². The van der Waals surface area contributed by atoms with Gasteiger partial charge in [-0.15, -0.1) is 0 Å². The Kier molecular flexibility index (Phi) is 4.78. The van der Waals surface area contributed by atoms with Crippen LogP contribution in [0.3, 0.4) is 0 Å². The maximum Gasteiger partial charge on any atom is 0.234 e. The van der Waals surface area contributed by atoms with Crippen molar-refractivity contribution in [2.75, 3.05) is 23.9 Å². The molecule has 3 N–H and O–H groups in total. The standard InChI is InChI=1S/C13H14N4O2S/c1-19-11-4-3-9(14)7-10(11)17-12(18)8-20-13-15-5-2-6-16-13/h2-7H,8,14H2,1H3,(H,17,18). The number of hydrogen-bond acceptors (Lipinski definition) is 6. The number of nitrogen functional groups attached to an aromatic ring is 1. The van der Waals surface area contributed by atoms with Crippen molar-refractivity contribution in [2.45, 2.75) is 5.16 Å². The SMILES string of the molecule is COc1ccc(N)cc1NC(=O)CSc1ncccn1. The van der Waals surface area contributed by atoms with E-state index in [4.69, 9.17) is 10.5 Å². The summed E-state index contributed by atoms with van der Waals surface area (Å²) in [5.74, 6) is 0.599. The minimum absolute atomic E-state index is 0.175. The molecule has 7 heteroatoms. The van der Waals surface area contributed by atoms with Crippen LogP contribution in [0.1, 0.15) is 0 Å². The van der Waals surface area contributed by atoms with Gasteiger partial charge in [0.05, 0.1) is 18.6 Å². The van der Waals surface area contributed by atoms with Crippen molar-refractivity contribution >= 4 is 29.0 Å². The number of carbonyl (C=O) groups is 1. The molecule has 0 spiro atoms. The highest BCUT2D eigenvalue weighted by atomic mass is 32.2. The summed E-state index contributed by atoms with van der Waals surface area (Å²) in [6.07, 6.45) is 3.27. The molecule has 1 heterocycles. The third kappa shape index (κ3) is 3.86. The number of benzene rings is 1. The van der Waals surface area contributed by atoms with Crippen LogP contribution < -0.4 is 15.8 Å². The van der Waals surface area contributed by atoms with Gasteiger partial charge in [-0.2, -0.15) is 0 Å². The lowest BCUT2D eigenvalue weighted by Gasteiger charge is -2.10.